The zero-order valence-corrected chi connectivity index (χ0v) is 16.5. The number of ether oxygens (including phenoxy) is 3. The Hall–Kier alpha value is -2.77. The maximum absolute atomic E-state index is 12.7. The van der Waals surface area contributed by atoms with Gasteiger partial charge in [0.25, 0.3) is 11.8 Å². The maximum atomic E-state index is 12.7. The fourth-order valence-corrected chi connectivity index (χ4v) is 3.42. The number of benzene rings is 2. The molecule has 2 aromatic carbocycles. The van der Waals surface area contributed by atoms with Crippen molar-refractivity contribution in [1.82, 2.24) is 0 Å². The van der Waals surface area contributed by atoms with Crippen molar-refractivity contribution < 1.29 is 23.8 Å². The van der Waals surface area contributed by atoms with Crippen molar-refractivity contribution >= 4 is 34.8 Å². The molecule has 2 amide bonds. The van der Waals surface area contributed by atoms with Crippen LogP contribution in [0.2, 0.25) is 5.02 Å². The van der Waals surface area contributed by atoms with E-state index in [1.807, 2.05) is 0 Å². The Morgan fingerprint density at radius 2 is 1.76 bits per heavy atom. The summed E-state index contributed by atoms with van der Waals surface area (Å²) in [5.74, 6) is 0.546. The fraction of sp³-hybridized carbons (Fsp3) is 0.333. The molecule has 2 aromatic rings. The Labute approximate surface area is 173 Å². The molecule has 152 valence electrons. The molecule has 0 radical (unpaired) electrons. The molecule has 4 rings (SSSR count). The van der Waals surface area contributed by atoms with Crippen LogP contribution in [-0.4, -0.2) is 37.7 Å². The minimum Gasteiger partial charge on any atom is -0.490 e. The number of hydrogen-bond acceptors (Lipinski definition) is 5. The first-order valence-corrected chi connectivity index (χ1v) is 9.91. The summed E-state index contributed by atoms with van der Waals surface area (Å²) >= 11 is 6.30. The van der Waals surface area contributed by atoms with E-state index in [4.69, 9.17) is 25.8 Å². The first kappa shape index (κ1) is 19.5. The fourth-order valence-electron chi connectivity index (χ4n) is 3.22. The van der Waals surface area contributed by atoms with Crippen LogP contribution in [0.15, 0.2) is 36.4 Å². The SMILES string of the molecule is O=C(Nc1cc2c(cc1Cl)OCCCO2)c1cccc(NC(=O)[C@H]2CCCO2)c1. The van der Waals surface area contributed by atoms with Crippen LogP contribution in [0.5, 0.6) is 11.5 Å². The third kappa shape index (κ3) is 4.63. The third-order valence-electron chi connectivity index (χ3n) is 4.70. The Morgan fingerprint density at radius 1 is 0.966 bits per heavy atom. The molecule has 1 saturated heterocycles. The molecule has 0 bridgehead atoms. The third-order valence-corrected chi connectivity index (χ3v) is 5.01. The smallest absolute Gasteiger partial charge is 0.255 e. The highest BCUT2D eigenvalue weighted by Gasteiger charge is 2.23. The van der Waals surface area contributed by atoms with Gasteiger partial charge in [-0.05, 0) is 31.0 Å². The number of halogens is 1. The molecule has 0 aromatic heterocycles. The van der Waals surface area contributed by atoms with E-state index in [1.54, 1.807) is 36.4 Å². The second kappa shape index (κ2) is 8.71. The van der Waals surface area contributed by atoms with Crippen LogP contribution in [-0.2, 0) is 9.53 Å². The van der Waals surface area contributed by atoms with E-state index < -0.39 is 6.10 Å². The molecule has 0 aliphatic carbocycles. The highest BCUT2D eigenvalue weighted by molar-refractivity contribution is 6.34. The van der Waals surface area contributed by atoms with Crippen LogP contribution in [0.1, 0.15) is 29.6 Å². The summed E-state index contributed by atoms with van der Waals surface area (Å²) in [6.45, 7) is 1.69. The summed E-state index contributed by atoms with van der Waals surface area (Å²) in [7, 11) is 0. The van der Waals surface area contributed by atoms with Gasteiger partial charge >= 0.3 is 0 Å². The molecule has 0 unspecified atom stereocenters. The lowest BCUT2D eigenvalue weighted by Crippen LogP contribution is -2.27. The number of fused-ring (bicyclic) bond motifs is 1. The van der Waals surface area contributed by atoms with Crippen LogP contribution >= 0.6 is 11.6 Å². The first-order valence-electron chi connectivity index (χ1n) is 9.53. The van der Waals surface area contributed by atoms with Gasteiger partial charge in [0.15, 0.2) is 11.5 Å². The highest BCUT2D eigenvalue weighted by Crippen LogP contribution is 2.37. The van der Waals surface area contributed by atoms with Crippen molar-refractivity contribution in [1.29, 1.82) is 0 Å². The van der Waals surface area contributed by atoms with Gasteiger partial charge in [-0.1, -0.05) is 17.7 Å². The van der Waals surface area contributed by atoms with E-state index in [1.165, 1.54) is 0 Å². The summed E-state index contributed by atoms with van der Waals surface area (Å²) in [5, 5.41) is 5.94. The lowest BCUT2D eigenvalue weighted by molar-refractivity contribution is -0.124. The average Bonchev–Trinajstić information content (AvgIpc) is 3.17. The molecule has 2 N–H and O–H groups in total. The average molecular weight is 417 g/mol. The summed E-state index contributed by atoms with van der Waals surface area (Å²) < 4.78 is 16.6. The minimum absolute atomic E-state index is 0.203. The van der Waals surface area contributed by atoms with Crippen LogP contribution in [0, 0.1) is 0 Å². The molecule has 1 fully saturated rings. The largest absolute Gasteiger partial charge is 0.490 e. The van der Waals surface area contributed by atoms with Crippen LogP contribution in [0.25, 0.3) is 0 Å². The molecular formula is C21H21ClN2O5. The number of carbonyl (C=O) groups is 2. The van der Waals surface area contributed by atoms with Crippen molar-refractivity contribution in [3.8, 4) is 11.5 Å². The highest BCUT2D eigenvalue weighted by atomic mass is 35.5. The number of hydrogen-bond donors (Lipinski definition) is 2. The van der Waals surface area contributed by atoms with Crippen molar-refractivity contribution in [2.24, 2.45) is 0 Å². The number of amides is 2. The normalized spacial score (nSPS) is 18.0. The molecule has 0 spiro atoms. The van der Waals surface area contributed by atoms with Crippen molar-refractivity contribution in [3.05, 3.63) is 47.0 Å². The molecule has 7 nitrogen and oxygen atoms in total. The number of rotatable bonds is 4. The lowest BCUT2D eigenvalue weighted by Gasteiger charge is -2.13. The van der Waals surface area contributed by atoms with Gasteiger partial charge in [-0.25, -0.2) is 0 Å². The Balaban J connectivity index is 1.47. The second-order valence-corrected chi connectivity index (χ2v) is 7.26. The van der Waals surface area contributed by atoms with E-state index in [9.17, 15) is 9.59 Å². The van der Waals surface area contributed by atoms with Gasteiger partial charge in [0.2, 0.25) is 0 Å². The van der Waals surface area contributed by atoms with Gasteiger partial charge in [-0.3, -0.25) is 9.59 Å². The predicted molar refractivity (Wildman–Crippen MR) is 109 cm³/mol. The Morgan fingerprint density at radius 3 is 2.52 bits per heavy atom. The van der Waals surface area contributed by atoms with E-state index >= 15 is 0 Å². The number of carbonyl (C=O) groups excluding carboxylic acids is 2. The summed E-state index contributed by atoms with van der Waals surface area (Å²) in [6.07, 6.45) is 1.91. The molecule has 2 aliphatic heterocycles. The topological polar surface area (TPSA) is 85.9 Å². The number of nitrogens with one attached hydrogen (secondary N) is 2. The van der Waals surface area contributed by atoms with Gasteiger partial charge in [-0.15, -0.1) is 0 Å². The van der Waals surface area contributed by atoms with Gasteiger partial charge in [0, 0.05) is 36.4 Å². The summed E-state index contributed by atoms with van der Waals surface area (Å²) in [6, 6.07) is 9.99. The van der Waals surface area contributed by atoms with Gasteiger partial charge < -0.3 is 24.8 Å². The lowest BCUT2D eigenvalue weighted by atomic mass is 10.1. The molecule has 1 atom stereocenters. The van der Waals surface area contributed by atoms with Crippen molar-refractivity contribution in [2.45, 2.75) is 25.4 Å². The summed E-state index contributed by atoms with van der Waals surface area (Å²) in [5.41, 5.74) is 1.34. The quantitative estimate of drug-likeness (QED) is 0.790. The Kier molecular flexibility index (Phi) is 5.87. The van der Waals surface area contributed by atoms with E-state index in [0.29, 0.717) is 59.7 Å². The van der Waals surface area contributed by atoms with Gasteiger partial charge in [-0.2, -0.15) is 0 Å². The standard InChI is InChI=1S/C21H21ClN2O5/c22-15-11-18-19(29-9-3-8-28-18)12-16(15)24-20(25)13-4-1-5-14(10-13)23-21(26)17-6-2-7-27-17/h1,4-5,10-12,17H,2-3,6-9H2,(H,23,26)(H,24,25)/t17-/m1/s1. The minimum atomic E-state index is -0.437. The maximum Gasteiger partial charge on any atom is 0.255 e. The van der Waals surface area contributed by atoms with Crippen LogP contribution in [0.3, 0.4) is 0 Å². The monoisotopic (exact) mass is 416 g/mol. The second-order valence-electron chi connectivity index (χ2n) is 6.86. The van der Waals surface area contributed by atoms with Gasteiger partial charge in [0.1, 0.15) is 6.10 Å². The van der Waals surface area contributed by atoms with Gasteiger partial charge in [0.05, 0.1) is 23.9 Å². The van der Waals surface area contributed by atoms with Crippen molar-refractivity contribution in [2.75, 3.05) is 30.5 Å². The van der Waals surface area contributed by atoms with Crippen molar-refractivity contribution in [3.63, 3.8) is 0 Å². The Bertz CT molecular complexity index is 927. The first-order chi connectivity index (χ1) is 14.1. The molecule has 2 heterocycles. The van der Waals surface area contributed by atoms with E-state index in [-0.39, 0.29) is 11.8 Å². The van der Waals surface area contributed by atoms with Crippen LogP contribution < -0.4 is 20.1 Å². The number of anilines is 2. The molecule has 8 heteroatoms. The molecular weight excluding hydrogens is 396 g/mol. The van der Waals surface area contributed by atoms with E-state index in [2.05, 4.69) is 10.6 Å². The van der Waals surface area contributed by atoms with Crippen LogP contribution in [0.4, 0.5) is 11.4 Å². The molecule has 2 aliphatic rings. The zero-order chi connectivity index (χ0) is 20.2. The predicted octanol–water partition coefficient (Wildman–Crippen LogP) is 3.87. The zero-order valence-electron chi connectivity index (χ0n) is 15.7. The van der Waals surface area contributed by atoms with E-state index in [0.717, 1.165) is 12.8 Å². The molecule has 0 saturated carbocycles. The summed E-state index contributed by atoms with van der Waals surface area (Å²) in [4.78, 5) is 24.9. The molecule has 29 heavy (non-hydrogen) atoms.